The van der Waals surface area contributed by atoms with Crippen LogP contribution in [0.3, 0.4) is 0 Å². The summed E-state index contributed by atoms with van der Waals surface area (Å²) in [5.74, 6) is -22.4. The van der Waals surface area contributed by atoms with E-state index >= 15 is 0 Å². The number of hydrogen-bond acceptors (Lipinski definition) is 21. The quantitative estimate of drug-likeness (QED) is 0.0154. The van der Waals surface area contributed by atoms with Crippen molar-refractivity contribution in [1.82, 2.24) is 68.7 Å². The summed E-state index contributed by atoms with van der Waals surface area (Å²) in [6.45, 7) is 7.16. The van der Waals surface area contributed by atoms with Gasteiger partial charge in [-0.3, -0.25) is 86.9 Å². The summed E-state index contributed by atoms with van der Waals surface area (Å²) in [6, 6.07) is -18.5. The molecule has 1 aliphatic heterocycles. The van der Waals surface area contributed by atoms with Crippen molar-refractivity contribution in [2.45, 2.75) is 185 Å². The number of carbonyl (C=O) groups excluding carboxylic acids is 14. The number of rotatable bonds is 41. The van der Waals surface area contributed by atoms with Crippen molar-refractivity contribution in [2.24, 2.45) is 34.8 Å². The molecule has 93 heavy (non-hydrogen) atoms. The summed E-state index contributed by atoms with van der Waals surface area (Å²) < 4.78 is 0. The first kappa shape index (κ1) is 81.2. The number of carboxylic acids is 3. The van der Waals surface area contributed by atoms with Crippen LogP contribution >= 0.6 is 0 Å². The lowest BCUT2D eigenvalue weighted by molar-refractivity contribution is -0.144. The van der Waals surface area contributed by atoms with Crippen molar-refractivity contribution >= 4 is 107 Å². The maximum absolute atomic E-state index is 14.0. The highest BCUT2D eigenvalue weighted by atomic mass is 16.4. The van der Waals surface area contributed by atoms with Crippen LogP contribution in [0.4, 0.5) is 0 Å². The van der Waals surface area contributed by atoms with E-state index < -0.39 is 229 Å². The fourth-order valence-electron chi connectivity index (χ4n) is 8.79. The number of carbonyl (C=O) groups is 17. The van der Waals surface area contributed by atoms with Crippen molar-refractivity contribution in [3.63, 3.8) is 0 Å². The number of nitrogens with one attached hydrogen (secondary N) is 13. The molecular weight excluding hydrogens is 1240 g/mol. The highest BCUT2D eigenvalue weighted by molar-refractivity contribution is 6.01. The topological polar surface area (TPSA) is 667 Å². The first-order chi connectivity index (χ1) is 43.2. The van der Waals surface area contributed by atoms with Crippen LogP contribution in [0, 0.1) is 17.2 Å². The zero-order valence-corrected chi connectivity index (χ0v) is 52.3. The molecule has 0 saturated carbocycles. The van der Waals surface area contributed by atoms with Gasteiger partial charge in [-0.25, -0.2) is 0 Å². The molecule has 40 nitrogen and oxygen atoms in total. The minimum Gasteiger partial charge on any atom is -0.481 e. The Morgan fingerprint density at radius 1 is 0.484 bits per heavy atom. The molecule has 40 heteroatoms. The van der Waals surface area contributed by atoms with Gasteiger partial charge in [0, 0.05) is 19.5 Å². The molecule has 13 atom stereocenters. The highest BCUT2D eigenvalue weighted by Crippen LogP contribution is 2.20. The van der Waals surface area contributed by atoms with E-state index in [4.69, 9.17) is 33.5 Å². The molecule has 1 aliphatic rings. The number of nitrogens with zero attached hydrogens (tertiary/aromatic N) is 1. The largest absolute Gasteiger partial charge is 0.481 e. The van der Waals surface area contributed by atoms with Crippen LogP contribution in [-0.2, 0) is 81.5 Å². The zero-order chi connectivity index (χ0) is 71.3. The Labute approximate surface area is 532 Å². The molecule has 1 rings (SSSR count). The van der Waals surface area contributed by atoms with Gasteiger partial charge in [0.2, 0.25) is 82.7 Å². The summed E-state index contributed by atoms with van der Waals surface area (Å²) in [4.78, 5) is 221. The Bertz CT molecular complexity index is 2770. The molecule has 522 valence electrons. The number of hydrogen-bond donors (Lipinski definition) is 22. The van der Waals surface area contributed by atoms with Crippen molar-refractivity contribution in [3.05, 3.63) is 0 Å². The second-order valence-corrected chi connectivity index (χ2v) is 22.4. The first-order valence-electron chi connectivity index (χ1n) is 29.2. The molecule has 0 aliphatic carbocycles. The Morgan fingerprint density at radius 2 is 0.935 bits per heavy atom. The molecular formula is C53H88N18O22. The number of primary amides is 2. The van der Waals surface area contributed by atoms with E-state index in [1.807, 2.05) is 0 Å². The maximum Gasteiger partial charge on any atom is 0.322 e. The third kappa shape index (κ3) is 29.3. The number of aliphatic carboxylic acids is 3. The molecule has 14 amide bonds. The fraction of sp³-hybridized carbons (Fsp3) is 0.660. The van der Waals surface area contributed by atoms with Crippen LogP contribution in [0.1, 0.15) is 106 Å². The van der Waals surface area contributed by atoms with Gasteiger partial charge in [0.15, 0.2) is 5.96 Å². The number of likely N-dealkylation sites (tertiary alicyclic amines) is 1. The Balaban J connectivity index is 3.32. The lowest BCUT2D eigenvalue weighted by Gasteiger charge is -2.30. The minimum absolute atomic E-state index is 0.0193. The summed E-state index contributed by atoms with van der Waals surface area (Å²) >= 11 is 0. The highest BCUT2D eigenvalue weighted by Gasteiger charge is 2.41. The first-order valence-corrected chi connectivity index (χ1v) is 29.2. The van der Waals surface area contributed by atoms with Gasteiger partial charge in [0.25, 0.3) is 0 Å². The number of carboxylic acid groups (broad SMARTS) is 3. The van der Waals surface area contributed by atoms with Gasteiger partial charge in [-0.2, -0.15) is 0 Å². The summed E-state index contributed by atoms with van der Waals surface area (Å²) in [6.07, 6.45) is -7.07. The summed E-state index contributed by atoms with van der Waals surface area (Å²) in [5, 5.41) is 83.8. The molecule has 0 aromatic rings. The van der Waals surface area contributed by atoms with Crippen molar-refractivity contribution in [1.29, 1.82) is 5.41 Å². The van der Waals surface area contributed by atoms with Gasteiger partial charge in [-0.15, -0.1) is 0 Å². The van der Waals surface area contributed by atoms with Crippen LogP contribution in [0.2, 0.25) is 0 Å². The normalized spacial score (nSPS) is 16.5. The fourth-order valence-corrected chi connectivity index (χ4v) is 8.79. The van der Waals surface area contributed by atoms with E-state index in [2.05, 4.69) is 63.8 Å². The van der Waals surface area contributed by atoms with Gasteiger partial charge in [-0.05, 0) is 64.7 Å². The van der Waals surface area contributed by atoms with Crippen LogP contribution in [0.25, 0.3) is 0 Å². The summed E-state index contributed by atoms with van der Waals surface area (Å²) in [5.41, 5.74) is 21.5. The van der Waals surface area contributed by atoms with Crippen LogP contribution in [0.15, 0.2) is 0 Å². The SMILES string of the molecule is CC(C)[C@H](NC(=O)[C@H](CC(=O)O)NC(=O)CNC(=O)[C@@H](NC(=O)[C@@H](NC(=O)[C@H](C)NC(=O)[C@@H](N)CCC(N)=O)[C@@H](C)O)C(C)C)C(=O)N[C@@H](CC(N)=O)C(=O)N[C@H](C(=O)N[C@@H](CC(=O)O)C(=O)N[C@@H](CCCNC(=N)N)C(=O)N1CCC[C@H]1C(=O)NCC(=O)O)[C@@H](C)O. The number of nitrogens with two attached hydrogens (primary N) is 4. The Hall–Kier alpha value is -9.86. The average molecular weight is 1330 g/mol. The number of guanidine groups is 1. The molecule has 26 N–H and O–H groups in total. The van der Waals surface area contributed by atoms with E-state index in [1.54, 1.807) is 0 Å². The van der Waals surface area contributed by atoms with Gasteiger partial charge in [0.05, 0.1) is 44.1 Å². The predicted octanol–water partition coefficient (Wildman–Crippen LogP) is -10.6. The van der Waals surface area contributed by atoms with Crippen molar-refractivity contribution in [3.8, 4) is 0 Å². The average Bonchev–Trinajstić information content (AvgIpc) is 1.82. The molecule has 0 bridgehead atoms. The third-order valence-electron chi connectivity index (χ3n) is 13.8. The molecule has 0 radical (unpaired) electrons. The maximum atomic E-state index is 14.0. The summed E-state index contributed by atoms with van der Waals surface area (Å²) in [7, 11) is 0. The second-order valence-electron chi connectivity index (χ2n) is 22.4. The Morgan fingerprint density at radius 3 is 1.42 bits per heavy atom. The van der Waals surface area contributed by atoms with E-state index in [-0.39, 0.29) is 51.6 Å². The van der Waals surface area contributed by atoms with Crippen LogP contribution in [-0.4, -0.2) is 242 Å². The van der Waals surface area contributed by atoms with Crippen LogP contribution < -0.4 is 86.7 Å². The lowest BCUT2D eigenvalue weighted by atomic mass is 10.0. The number of aliphatic hydroxyl groups is 2. The van der Waals surface area contributed by atoms with Gasteiger partial charge in [-0.1, -0.05) is 27.7 Å². The second kappa shape index (κ2) is 39.4. The molecule has 1 heterocycles. The molecule has 0 aromatic heterocycles. The molecule has 1 saturated heterocycles. The molecule has 0 spiro atoms. The number of aliphatic hydroxyl groups excluding tert-OH is 2. The minimum atomic E-state index is -2.13. The number of amides is 14. The third-order valence-corrected chi connectivity index (χ3v) is 13.8. The molecule has 1 fully saturated rings. The predicted molar refractivity (Wildman–Crippen MR) is 318 cm³/mol. The Kier molecular flexibility index (Phi) is 34.4. The zero-order valence-electron chi connectivity index (χ0n) is 52.3. The van der Waals surface area contributed by atoms with E-state index in [0.29, 0.717) is 0 Å². The smallest absolute Gasteiger partial charge is 0.322 e. The van der Waals surface area contributed by atoms with Gasteiger partial charge in [0.1, 0.15) is 67.0 Å². The van der Waals surface area contributed by atoms with E-state index in [0.717, 1.165) is 18.7 Å². The monoisotopic (exact) mass is 1330 g/mol. The van der Waals surface area contributed by atoms with Crippen molar-refractivity contribution < 1.29 is 107 Å². The standard InChI is InChI=1S/C53H88N18O22/c1-21(2)38(68-51(92)41(25(7)73)69-42(83)23(5)62-43(84)26(54)12-13-32(55)74)48(89)60-19-34(76)63-29(17-35(77)78)46(87)67-39(22(3)4)49(90)65-28(16-33(56)75)45(86)70-40(24(6)72)50(91)66-30(18-36(79)80)44(85)64-27(10-8-14-59-53(57)58)52(93)71-15-9-11-31(71)47(88)61-20-37(81)82/h21-31,38-41,72-73H,8-20,54H2,1-7H3,(H2,55,74)(H2,56,75)(H,60,89)(H,61,88)(H,62,84)(H,63,76)(H,64,85)(H,65,90)(H,66,91)(H,67,87)(H,68,92)(H,69,83)(H,70,86)(H,77,78)(H,79,80)(H,81,82)(H4,57,58,59)/t23-,24+,25+,26-,27-,28-,29-,30-,31-,38-,39-,40-,41-/m0/s1. The van der Waals surface area contributed by atoms with E-state index in [1.165, 1.54) is 34.6 Å². The van der Waals surface area contributed by atoms with Gasteiger partial charge >= 0.3 is 17.9 Å². The molecule has 0 unspecified atom stereocenters. The van der Waals surface area contributed by atoms with Gasteiger partial charge < -0.3 is 117 Å². The van der Waals surface area contributed by atoms with E-state index in [9.17, 15) is 102 Å². The van der Waals surface area contributed by atoms with Crippen molar-refractivity contribution in [2.75, 3.05) is 26.2 Å². The molecule has 0 aromatic carbocycles. The van der Waals surface area contributed by atoms with Crippen LogP contribution in [0.5, 0.6) is 0 Å². The lowest BCUT2D eigenvalue weighted by Crippen LogP contribution is -2.62.